The van der Waals surface area contributed by atoms with Crippen LogP contribution in [0, 0.1) is 16.7 Å². The maximum Gasteiger partial charge on any atom is 0.178 e. The van der Waals surface area contributed by atoms with Gasteiger partial charge in [-0.1, -0.05) is 170 Å². The molecule has 0 radical (unpaired) electrons. The Morgan fingerprint density at radius 3 is 1.89 bits per heavy atom. The predicted octanol–water partition coefficient (Wildman–Crippen LogP) is 14.7. The van der Waals surface area contributed by atoms with Crippen LogP contribution in [0.3, 0.4) is 0 Å². The Bertz CT molecular complexity index is 3200. The first-order valence-electron chi connectivity index (χ1n) is 21.4. The molecule has 0 bridgehead atoms. The van der Waals surface area contributed by atoms with E-state index in [2.05, 4.69) is 140 Å². The van der Waals surface area contributed by atoms with E-state index >= 15 is 0 Å². The second-order valence-corrected chi connectivity index (χ2v) is 16.2. The maximum absolute atomic E-state index is 9.64. The van der Waals surface area contributed by atoms with Gasteiger partial charge < -0.3 is 14.9 Å². The molecule has 8 aromatic rings. The molecule has 0 atom stereocenters. The zero-order valence-corrected chi connectivity index (χ0v) is 34.4. The standard InChI is InChI=1S/C59H40N2O2/c60-38-39-16-12-19-41(34-39)42-20-13-22-44(35-42)50(37-53(61)40-17-4-1-5-18-40)45-23-14-21-43(36-45)48-29-15-31-54-57(48)63-58-55(62-54)33-32-52-56(58)49-28-10-11-30-51(49)59(52,46-24-6-2-7-25-46)47-26-8-3-9-27-47/h1-9,11-27,29-37,61H,10,28H2/b50-37+,61-53?. The van der Waals surface area contributed by atoms with Crippen LogP contribution in [-0.4, -0.2) is 5.71 Å². The fourth-order valence-corrected chi connectivity index (χ4v) is 9.76. The van der Waals surface area contributed by atoms with Gasteiger partial charge in [-0.25, -0.2) is 0 Å². The highest BCUT2D eigenvalue weighted by atomic mass is 16.6. The Kier molecular flexibility index (Phi) is 9.37. The Morgan fingerprint density at radius 2 is 1.17 bits per heavy atom. The van der Waals surface area contributed by atoms with Crippen LogP contribution in [0.2, 0.25) is 0 Å². The van der Waals surface area contributed by atoms with Gasteiger partial charge in [0.25, 0.3) is 0 Å². The van der Waals surface area contributed by atoms with Crippen LogP contribution < -0.4 is 9.47 Å². The number of nitrogens with one attached hydrogen (secondary N) is 1. The fourth-order valence-electron chi connectivity index (χ4n) is 9.76. The summed E-state index contributed by atoms with van der Waals surface area (Å²) >= 11 is 0. The van der Waals surface area contributed by atoms with Crippen LogP contribution in [0.5, 0.6) is 23.0 Å². The third-order valence-corrected chi connectivity index (χ3v) is 12.6. The number of hydrogen-bond acceptors (Lipinski definition) is 4. The normalized spacial score (nSPS) is 14.3. The minimum absolute atomic E-state index is 0.403. The highest BCUT2D eigenvalue weighted by Crippen LogP contribution is 2.62. The third-order valence-electron chi connectivity index (χ3n) is 12.6. The smallest absolute Gasteiger partial charge is 0.178 e. The van der Waals surface area contributed by atoms with Crippen molar-refractivity contribution < 1.29 is 9.47 Å². The molecular weight excluding hydrogens is 769 g/mol. The lowest BCUT2D eigenvalue weighted by Crippen LogP contribution is -2.29. The molecule has 8 aromatic carbocycles. The summed E-state index contributed by atoms with van der Waals surface area (Å²) in [4.78, 5) is 0. The van der Waals surface area contributed by atoms with Gasteiger partial charge in [-0.15, -0.1) is 0 Å². The number of ether oxygens (including phenoxy) is 2. The van der Waals surface area contributed by atoms with Gasteiger partial charge in [-0.05, 0) is 122 Å². The Hall–Kier alpha value is -8.26. The molecule has 63 heavy (non-hydrogen) atoms. The Labute approximate surface area is 367 Å². The summed E-state index contributed by atoms with van der Waals surface area (Å²) in [6.07, 6.45) is 8.44. The van der Waals surface area contributed by atoms with E-state index in [0.717, 1.165) is 68.7 Å². The van der Waals surface area contributed by atoms with E-state index in [-0.39, 0.29) is 0 Å². The van der Waals surface area contributed by atoms with E-state index in [9.17, 15) is 10.7 Å². The molecular formula is C59H40N2O2. The zero-order valence-electron chi connectivity index (χ0n) is 34.4. The molecule has 4 heteroatoms. The second-order valence-electron chi connectivity index (χ2n) is 16.2. The molecule has 0 unspecified atom stereocenters. The van der Waals surface area contributed by atoms with Crippen molar-refractivity contribution in [3.63, 3.8) is 0 Å². The Morgan fingerprint density at radius 1 is 0.571 bits per heavy atom. The van der Waals surface area contributed by atoms with Gasteiger partial charge in [0.15, 0.2) is 23.0 Å². The number of benzene rings is 8. The molecule has 0 amide bonds. The van der Waals surface area contributed by atoms with Gasteiger partial charge in [0.2, 0.25) is 0 Å². The molecule has 298 valence electrons. The van der Waals surface area contributed by atoms with Crippen molar-refractivity contribution in [1.82, 2.24) is 0 Å². The van der Waals surface area contributed by atoms with Gasteiger partial charge in [0.1, 0.15) is 0 Å². The lowest BCUT2D eigenvalue weighted by Gasteiger charge is -2.35. The highest BCUT2D eigenvalue weighted by molar-refractivity contribution is 6.12. The van der Waals surface area contributed by atoms with Gasteiger partial charge >= 0.3 is 0 Å². The van der Waals surface area contributed by atoms with E-state index in [0.29, 0.717) is 28.5 Å². The SMILES string of the molecule is N#Cc1cccc(-c2cccc(/C(=C\C(=N)c3ccccc3)c3cccc(-c4cccc5c4Oc4c(ccc6c4C4=C(C=CCC4)C6(c4ccccc4)c4ccccc4)O5)c3)c2)c1. The maximum atomic E-state index is 9.64. The summed E-state index contributed by atoms with van der Waals surface area (Å²) < 4.78 is 14.1. The van der Waals surface area contributed by atoms with Crippen LogP contribution >= 0.6 is 0 Å². The average molecular weight is 809 g/mol. The summed E-state index contributed by atoms with van der Waals surface area (Å²) in [5.41, 5.74) is 15.2. The molecule has 11 rings (SSSR count). The molecule has 0 aromatic heterocycles. The molecule has 3 aliphatic rings. The second kappa shape index (κ2) is 15.6. The lowest BCUT2D eigenvalue weighted by molar-refractivity contribution is 0.359. The number of allylic oxidation sites excluding steroid dienone is 5. The number of fused-ring (bicyclic) bond motifs is 5. The molecule has 1 N–H and O–H groups in total. The summed E-state index contributed by atoms with van der Waals surface area (Å²) in [7, 11) is 0. The quantitative estimate of drug-likeness (QED) is 0.156. The largest absolute Gasteiger partial charge is 0.449 e. The number of rotatable bonds is 8. The van der Waals surface area contributed by atoms with Crippen molar-refractivity contribution in [1.29, 1.82) is 10.7 Å². The number of hydrogen-bond donors (Lipinski definition) is 1. The van der Waals surface area contributed by atoms with Gasteiger partial charge in [-0.3, -0.25) is 0 Å². The van der Waals surface area contributed by atoms with Gasteiger partial charge in [0.05, 0.1) is 22.8 Å². The van der Waals surface area contributed by atoms with Crippen LogP contribution in [0.25, 0.3) is 33.4 Å². The first kappa shape index (κ1) is 37.7. The lowest BCUT2D eigenvalue weighted by atomic mass is 9.66. The van der Waals surface area contributed by atoms with Crippen molar-refractivity contribution in [2.75, 3.05) is 0 Å². The summed E-state index contributed by atoms with van der Waals surface area (Å²) in [6.45, 7) is 0. The molecule has 0 saturated carbocycles. The van der Waals surface area contributed by atoms with Crippen LogP contribution in [0.15, 0.2) is 218 Å². The topological polar surface area (TPSA) is 66.1 Å². The van der Waals surface area contributed by atoms with Crippen molar-refractivity contribution >= 4 is 16.9 Å². The molecule has 2 aliphatic carbocycles. The molecule has 0 fully saturated rings. The minimum Gasteiger partial charge on any atom is -0.449 e. The van der Waals surface area contributed by atoms with E-state index in [1.54, 1.807) is 0 Å². The molecule has 0 spiro atoms. The Balaban J connectivity index is 1.04. The first-order valence-corrected chi connectivity index (χ1v) is 21.4. The zero-order chi connectivity index (χ0) is 42.3. The number of nitrogens with zero attached hydrogens (tertiary/aromatic N) is 1. The molecule has 0 saturated heterocycles. The third kappa shape index (κ3) is 6.42. The molecule has 1 aliphatic heterocycles. The van der Waals surface area contributed by atoms with Crippen LogP contribution in [0.1, 0.15) is 57.3 Å². The molecule has 4 nitrogen and oxygen atoms in total. The molecule has 1 heterocycles. The van der Waals surface area contributed by atoms with Crippen molar-refractivity contribution in [3.8, 4) is 51.3 Å². The van der Waals surface area contributed by atoms with Crippen LogP contribution in [0.4, 0.5) is 0 Å². The van der Waals surface area contributed by atoms with Gasteiger partial charge in [-0.2, -0.15) is 5.26 Å². The van der Waals surface area contributed by atoms with E-state index in [1.807, 2.05) is 78.9 Å². The van der Waals surface area contributed by atoms with Crippen molar-refractivity contribution in [2.24, 2.45) is 0 Å². The van der Waals surface area contributed by atoms with E-state index in [1.165, 1.54) is 27.8 Å². The van der Waals surface area contributed by atoms with Crippen molar-refractivity contribution in [3.05, 3.63) is 262 Å². The predicted molar refractivity (Wildman–Crippen MR) is 253 cm³/mol. The summed E-state index contributed by atoms with van der Waals surface area (Å²) in [5, 5.41) is 18.9. The number of nitriles is 1. The van der Waals surface area contributed by atoms with E-state index < -0.39 is 5.41 Å². The van der Waals surface area contributed by atoms with E-state index in [4.69, 9.17) is 9.47 Å². The number of para-hydroxylation sites is 1. The van der Waals surface area contributed by atoms with Gasteiger partial charge in [0, 0.05) is 11.1 Å². The summed E-state index contributed by atoms with van der Waals surface area (Å²) in [6, 6.07) is 68.7. The first-order chi connectivity index (χ1) is 31.1. The van der Waals surface area contributed by atoms with Crippen molar-refractivity contribution in [2.45, 2.75) is 18.3 Å². The monoisotopic (exact) mass is 808 g/mol. The summed E-state index contributed by atoms with van der Waals surface area (Å²) in [5.74, 6) is 2.78. The fraction of sp³-hybridized carbons (Fsp3) is 0.0508. The average Bonchev–Trinajstić information content (AvgIpc) is 3.67. The highest BCUT2D eigenvalue weighted by Gasteiger charge is 2.49. The van der Waals surface area contributed by atoms with Crippen LogP contribution in [-0.2, 0) is 5.41 Å². The minimum atomic E-state index is -0.525.